The molecular formula is C14H15FN4O3. The van der Waals surface area contributed by atoms with E-state index in [2.05, 4.69) is 10.2 Å². The number of carbonyl (C=O) groups excluding carboxylic acids is 1. The van der Waals surface area contributed by atoms with E-state index in [1.165, 1.54) is 54.1 Å². The first-order chi connectivity index (χ1) is 10.4. The Hall–Kier alpha value is -2.77. The van der Waals surface area contributed by atoms with Gasteiger partial charge in [-0.15, -0.1) is 5.10 Å². The van der Waals surface area contributed by atoms with Crippen LogP contribution in [0.3, 0.4) is 0 Å². The Morgan fingerprint density at radius 3 is 2.59 bits per heavy atom. The summed E-state index contributed by atoms with van der Waals surface area (Å²) in [6, 6.07) is 5.50. The van der Waals surface area contributed by atoms with Gasteiger partial charge < -0.3 is 10.0 Å². The van der Waals surface area contributed by atoms with Crippen LogP contribution in [0.2, 0.25) is 0 Å². The number of carboxylic acids is 1. The van der Waals surface area contributed by atoms with Crippen molar-refractivity contribution in [2.45, 2.75) is 6.92 Å². The van der Waals surface area contributed by atoms with Crippen molar-refractivity contribution in [3.05, 3.63) is 42.0 Å². The summed E-state index contributed by atoms with van der Waals surface area (Å²) in [4.78, 5) is 25.5. The Morgan fingerprint density at radius 2 is 2.00 bits per heavy atom. The van der Waals surface area contributed by atoms with Crippen molar-refractivity contribution in [3.8, 4) is 5.69 Å². The highest BCUT2D eigenvalue weighted by Gasteiger charge is 2.20. The fraction of sp³-hybridized carbons (Fsp3) is 0.286. The summed E-state index contributed by atoms with van der Waals surface area (Å²) in [5, 5.41) is 16.8. The lowest BCUT2D eigenvalue weighted by molar-refractivity contribution is -0.141. The normalized spacial score (nSPS) is 12.0. The summed E-state index contributed by atoms with van der Waals surface area (Å²) >= 11 is 0. The maximum absolute atomic E-state index is 12.9. The zero-order valence-electron chi connectivity index (χ0n) is 12.1. The molecule has 0 aliphatic heterocycles. The predicted molar refractivity (Wildman–Crippen MR) is 75.1 cm³/mol. The summed E-state index contributed by atoms with van der Waals surface area (Å²) in [5.41, 5.74) is 0.603. The molecule has 1 aromatic heterocycles. The molecule has 1 atom stereocenters. The number of hydrogen-bond acceptors (Lipinski definition) is 4. The van der Waals surface area contributed by atoms with Gasteiger partial charge in [0, 0.05) is 13.6 Å². The Balaban J connectivity index is 2.12. The number of rotatable bonds is 5. The molecule has 7 nitrogen and oxygen atoms in total. The van der Waals surface area contributed by atoms with Gasteiger partial charge in [0.1, 0.15) is 5.82 Å². The first-order valence-electron chi connectivity index (χ1n) is 6.55. The van der Waals surface area contributed by atoms with Crippen LogP contribution in [-0.4, -0.2) is 50.5 Å². The van der Waals surface area contributed by atoms with Crippen molar-refractivity contribution in [2.24, 2.45) is 5.92 Å². The molecule has 2 rings (SSSR count). The van der Waals surface area contributed by atoms with Gasteiger partial charge in [-0.05, 0) is 24.3 Å². The topological polar surface area (TPSA) is 88.3 Å². The van der Waals surface area contributed by atoms with Crippen LogP contribution in [0.5, 0.6) is 0 Å². The van der Waals surface area contributed by atoms with Gasteiger partial charge >= 0.3 is 5.97 Å². The molecule has 0 bridgehead atoms. The summed E-state index contributed by atoms with van der Waals surface area (Å²) in [7, 11) is 1.50. The second-order valence-corrected chi connectivity index (χ2v) is 4.92. The number of aromatic nitrogens is 3. The lowest BCUT2D eigenvalue weighted by Gasteiger charge is -2.17. The minimum atomic E-state index is -0.977. The standard InChI is InChI=1S/C14H15FN4O3/c1-9(14(21)22)8-18(2)13(20)12-7-16-19(17-12)11-5-3-10(15)4-6-11/h3-7,9H,8H2,1-2H3,(H,21,22). The smallest absolute Gasteiger partial charge is 0.308 e. The molecule has 0 fully saturated rings. The highest BCUT2D eigenvalue weighted by atomic mass is 19.1. The van der Waals surface area contributed by atoms with Crippen LogP contribution < -0.4 is 0 Å². The van der Waals surface area contributed by atoms with Gasteiger partial charge in [-0.1, -0.05) is 6.92 Å². The van der Waals surface area contributed by atoms with E-state index < -0.39 is 17.8 Å². The quantitative estimate of drug-likeness (QED) is 0.896. The molecule has 1 aromatic carbocycles. The van der Waals surface area contributed by atoms with Crippen LogP contribution in [0.25, 0.3) is 5.69 Å². The largest absolute Gasteiger partial charge is 0.481 e. The summed E-state index contributed by atoms with van der Waals surface area (Å²) in [6.07, 6.45) is 1.29. The Labute approximate surface area is 126 Å². The molecular weight excluding hydrogens is 291 g/mol. The molecule has 0 aliphatic rings. The third kappa shape index (κ3) is 3.46. The zero-order chi connectivity index (χ0) is 16.3. The summed E-state index contributed by atoms with van der Waals surface area (Å²) < 4.78 is 12.9. The van der Waals surface area contributed by atoms with Gasteiger partial charge in [0.25, 0.3) is 5.91 Å². The van der Waals surface area contributed by atoms with Crippen molar-refractivity contribution < 1.29 is 19.1 Å². The lowest BCUT2D eigenvalue weighted by Crippen LogP contribution is -2.34. The van der Waals surface area contributed by atoms with Crippen molar-refractivity contribution in [1.82, 2.24) is 19.9 Å². The number of aliphatic carboxylic acids is 1. The number of benzene rings is 1. The van der Waals surface area contributed by atoms with Gasteiger partial charge in [-0.25, -0.2) is 4.39 Å². The molecule has 1 N–H and O–H groups in total. The molecule has 0 radical (unpaired) electrons. The average Bonchev–Trinajstić information content (AvgIpc) is 2.96. The molecule has 22 heavy (non-hydrogen) atoms. The van der Waals surface area contributed by atoms with Crippen LogP contribution in [0.1, 0.15) is 17.4 Å². The second-order valence-electron chi connectivity index (χ2n) is 4.92. The fourth-order valence-electron chi connectivity index (χ4n) is 1.83. The highest BCUT2D eigenvalue weighted by Crippen LogP contribution is 2.08. The minimum Gasteiger partial charge on any atom is -0.481 e. The number of halogens is 1. The third-order valence-corrected chi connectivity index (χ3v) is 3.08. The molecule has 0 spiro atoms. The molecule has 1 unspecified atom stereocenters. The molecule has 0 saturated carbocycles. The van der Waals surface area contributed by atoms with E-state index in [1.54, 1.807) is 0 Å². The van der Waals surface area contributed by atoms with Gasteiger partial charge in [-0.2, -0.15) is 9.90 Å². The number of nitrogens with zero attached hydrogens (tertiary/aromatic N) is 4. The zero-order valence-corrected chi connectivity index (χ0v) is 12.1. The molecule has 0 saturated heterocycles. The van der Waals surface area contributed by atoms with E-state index in [0.717, 1.165) is 0 Å². The number of amides is 1. The van der Waals surface area contributed by atoms with Crippen molar-refractivity contribution in [3.63, 3.8) is 0 Å². The Morgan fingerprint density at radius 1 is 1.36 bits per heavy atom. The maximum atomic E-state index is 12.9. The molecule has 1 amide bonds. The highest BCUT2D eigenvalue weighted by molar-refractivity contribution is 5.92. The first-order valence-corrected chi connectivity index (χ1v) is 6.55. The van der Waals surface area contributed by atoms with E-state index in [1.807, 2.05) is 0 Å². The molecule has 8 heteroatoms. The van der Waals surface area contributed by atoms with Gasteiger partial charge in [0.15, 0.2) is 5.69 Å². The van der Waals surface area contributed by atoms with Crippen molar-refractivity contribution >= 4 is 11.9 Å². The third-order valence-electron chi connectivity index (χ3n) is 3.08. The van der Waals surface area contributed by atoms with Gasteiger partial charge in [-0.3, -0.25) is 9.59 Å². The van der Waals surface area contributed by atoms with Gasteiger partial charge in [0.05, 0.1) is 17.8 Å². The average molecular weight is 306 g/mol. The van der Waals surface area contributed by atoms with Crippen molar-refractivity contribution in [2.75, 3.05) is 13.6 Å². The lowest BCUT2D eigenvalue weighted by atomic mass is 10.2. The number of hydrogen-bond donors (Lipinski definition) is 1. The maximum Gasteiger partial charge on any atom is 0.308 e. The fourth-order valence-corrected chi connectivity index (χ4v) is 1.83. The summed E-state index contributed by atoms with van der Waals surface area (Å²) in [6.45, 7) is 1.58. The SMILES string of the molecule is CC(CN(C)C(=O)c1cnn(-c2ccc(F)cc2)n1)C(=O)O. The van der Waals surface area contributed by atoms with E-state index >= 15 is 0 Å². The number of carbonyl (C=O) groups is 2. The monoisotopic (exact) mass is 306 g/mol. The number of carboxylic acid groups (broad SMARTS) is 1. The minimum absolute atomic E-state index is 0.0670. The van der Waals surface area contributed by atoms with Crippen LogP contribution in [-0.2, 0) is 4.79 Å². The van der Waals surface area contributed by atoms with E-state index in [4.69, 9.17) is 5.11 Å². The molecule has 2 aromatic rings. The Bertz CT molecular complexity index is 684. The van der Waals surface area contributed by atoms with Crippen LogP contribution in [0.15, 0.2) is 30.5 Å². The molecule has 0 aliphatic carbocycles. The van der Waals surface area contributed by atoms with Crippen molar-refractivity contribution in [1.29, 1.82) is 0 Å². The molecule has 1 heterocycles. The first kappa shape index (κ1) is 15.6. The molecule has 116 valence electrons. The van der Waals surface area contributed by atoms with Crippen LogP contribution in [0.4, 0.5) is 4.39 Å². The second kappa shape index (κ2) is 6.33. The van der Waals surface area contributed by atoms with E-state index in [-0.39, 0.29) is 18.1 Å². The van der Waals surface area contributed by atoms with E-state index in [0.29, 0.717) is 5.69 Å². The van der Waals surface area contributed by atoms with Crippen LogP contribution >= 0.6 is 0 Å². The predicted octanol–water partition coefficient (Wildman–Crippen LogP) is 1.20. The summed E-state index contributed by atoms with van der Waals surface area (Å²) in [5.74, 6) is -2.47. The Kier molecular flexibility index (Phi) is 4.50. The van der Waals surface area contributed by atoms with Gasteiger partial charge in [0.2, 0.25) is 0 Å². The van der Waals surface area contributed by atoms with E-state index in [9.17, 15) is 14.0 Å². The van der Waals surface area contributed by atoms with Crippen LogP contribution in [0, 0.1) is 11.7 Å².